The normalized spacial score (nSPS) is 10.6. The molecule has 32 heavy (non-hydrogen) atoms. The van der Waals surface area contributed by atoms with Crippen molar-refractivity contribution in [2.75, 3.05) is 13.7 Å². The summed E-state index contributed by atoms with van der Waals surface area (Å²) in [5.74, 6) is 0.258. The number of nitrogens with zero attached hydrogens (tertiary/aromatic N) is 1. The molecule has 3 aromatic rings. The molecule has 0 fully saturated rings. The van der Waals surface area contributed by atoms with E-state index in [1.807, 2.05) is 25.1 Å². The molecule has 0 aliphatic carbocycles. The molecule has 0 radical (unpaired) electrons. The van der Waals surface area contributed by atoms with E-state index in [-0.39, 0.29) is 12.4 Å². The predicted molar refractivity (Wildman–Crippen MR) is 122 cm³/mol. The van der Waals surface area contributed by atoms with E-state index in [0.717, 1.165) is 5.56 Å². The zero-order valence-electron chi connectivity index (χ0n) is 17.5. The summed E-state index contributed by atoms with van der Waals surface area (Å²) in [6, 6.07) is 18.6. The van der Waals surface area contributed by atoms with Crippen molar-refractivity contribution in [3.05, 3.63) is 88.4 Å². The number of rotatable bonds is 8. The molecule has 0 unspecified atom stereocenters. The van der Waals surface area contributed by atoms with Crippen LogP contribution in [-0.4, -0.2) is 31.8 Å². The fraction of sp³-hybridized carbons (Fsp3) is 0.125. The Kier molecular flexibility index (Phi) is 7.83. The lowest BCUT2D eigenvalue weighted by atomic mass is 10.2. The summed E-state index contributed by atoms with van der Waals surface area (Å²) in [4.78, 5) is 24.2. The lowest BCUT2D eigenvalue weighted by Crippen LogP contribution is -2.24. The molecule has 0 bridgehead atoms. The van der Waals surface area contributed by atoms with Gasteiger partial charge in [-0.25, -0.2) is 10.2 Å². The fourth-order valence-corrected chi connectivity index (χ4v) is 2.78. The molecule has 0 spiro atoms. The molecule has 8 heteroatoms. The summed E-state index contributed by atoms with van der Waals surface area (Å²) in [7, 11) is 1.46. The number of hydrazone groups is 1. The third-order valence-electron chi connectivity index (χ3n) is 4.23. The van der Waals surface area contributed by atoms with E-state index in [1.54, 1.807) is 48.5 Å². The van der Waals surface area contributed by atoms with E-state index in [2.05, 4.69) is 10.5 Å². The Hall–Kier alpha value is -3.84. The highest BCUT2D eigenvalue weighted by molar-refractivity contribution is 6.30. The van der Waals surface area contributed by atoms with Crippen molar-refractivity contribution < 1.29 is 23.8 Å². The molecule has 3 aromatic carbocycles. The molecule has 0 saturated carbocycles. The number of aryl methyl sites for hydroxylation is 1. The molecule has 3 rings (SSSR count). The summed E-state index contributed by atoms with van der Waals surface area (Å²) >= 11 is 5.84. The van der Waals surface area contributed by atoms with Gasteiger partial charge < -0.3 is 14.2 Å². The van der Waals surface area contributed by atoms with E-state index in [9.17, 15) is 9.59 Å². The summed E-state index contributed by atoms with van der Waals surface area (Å²) in [6.45, 7) is 1.78. The number of ether oxygens (including phenoxy) is 3. The second-order valence-electron chi connectivity index (χ2n) is 6.71. The summed E-state index contributed by atoms with van der Waals surface area (Å²) in [5.41, 5.74) is 4.43. The van der Waals surface area contributed by atoms with Gasteiger partial charge in [0.1, 0.15) is 5.75 Å². The van der Waals surface area contributed by atoms with Crippen LogP contribution in [0.2, 0.25) is 5.02 Å². The Morgan fingerprint density at radius 2 is 1.81 bits per heavy atom. The number of benzene rings is 3. The van der Waals surface area contributed by atoms with E-state index in [4.69, 9.17) is 25.8 Å². The molecule has 0 heterocycles. The maximum Gasteiger partial charge on any atom is 0.343 e. The summed E-state index contributed by atoms with van der Waals surface area (Å²) in [5, 5.41) is 4.44. The molecule has 0 aliphatic rings. The van der Waals surface area contributed by atoms with Crippen molar-refractivity contribution >= 4 is 29.7 Å². The minimum Gasteiger partial charge on any atom is -0.493 e. The van der Waals surface area contributed by atoms with Gasteiger partial charge in [0.2, 0.25) is 0 Å². The Morgan fingerprint density at radius 3 is 2.53 bits per heavy atom. The molecule has 164 valence electrons. The number of carbonyl (C=O) groups is 2. The molecule has 0 atom stereocenters. The maximum absolute atomic E-state index is 12.3. The smallest absolute Gasteiger partial charge is 0.343 e. The summed E-state index contributed by atoms with van der Waals surface area (Å²) < 4.78 is 16.1. The van der Waals surface area contributed by atoms with Crippen LogP contribution in [0.15, 0.2) is 71.8 Å². The first-order valence-corrected chi connectivity index (χ1v) is 9.99. The number of nitrogens with one attached hydrogen (secondary N) is 1. The van der Waals surface area contributed by atoms with Crippen molar-refractivity contribution in [3.8, 4) is 17.2 Å². The third kappa shape index (κ3) is 6.58. The second kappa shape index (κ2) is 11.0. The van der Waals surface area contributed by atoms with Gasteiger partial charge in [0.25, 0.3) is 5.91 Å². The highest BCUT2D eigenvalue weighted by Gasteiger charge is 2.13. The Balaban J connectivity index is 1.56. The zero-order chi connectivity index (χ0) is 22.9. The van der Waals surface area contributed by atoms with Crippen molar-refractivity contribution in [2.24, 2.45) is 5.10 Å². The number of amides is 1. The number of hydrogen-bond acceptors (Lipinski definition) is 6. The van der Waals surface area contributed by atoms with Crippen LogP contribution in [-0.2, 0) is 4.79 Å². The van der Waals surface area contributed by atoms with Gasteiger partial charge in [-0.1, -0.05) is 23.7 Å². The van der Waals surface area contributed by atoms with Gasteiger partial charge in [-0.3, -0.25) is 4.79 Å². The van der Waals surface area contributed by atoms with Crippen LogP contribution in [0, 0.1) is 6.92 Å². The average molecular weight is 453 g/mol. The van der Waals surface area contributed by atoms with E-state index in [0.29, 0.717) is 27.6 Å². The van der Waals surface area contributed by atoms with Gasteiger partial charge in [-0.15, -0.1) is 0 Å². The first-order valence-electron chi connectivity index (χ1n) is 9.62. The Morgan fingerprint density at radius 1 is 1.03 bits per heavy atom. The number of hydrogen-bond donors (Lipinski definition) is 1. The number of carbonyl (C=O) groups excluding carboxylic acids is 2. The Bertz CT molecular complexity index is 1130. The van der Waals surface area contributed by atoms with Gasteiger partial charge in [0, 0.05) is 5.02 Å². The van der Waals surface area contributed by atoms with E-state index < -0.39 is 11.9 Å². The van der Waals surface area contributed by atoms with Crippen LogP contribution in [0.25, 0.3) is 0 Å². The lowest BCUT2D eigenvalue weighted by molar-refractivity contribution is -0.123. The number of halogens is 1. The first kappa shape index (κ1) is 22.8. The monoisotopic (exact) mass is 452 g/mol. The third-order valence-corrected chi connectivity index (χ3v) is 4.48. The zero-order valence-corrected chi connectivity index (χ0v) is 18.3. The molecule has 1 N–H and O–H groups in total. The molecule has 7 nitrogen and oxygen atoms in total. The van der Waals surface area contributed by atoms with Crippen LogP contribution < -0.4 is 19.6 Å². The molecule has 0 aliphatic heterocycles. The SMILES string of the molecule is COc1cc(C=NNC(=O)COc2cccc(C)c2)ccc1OC(=O)c1ccc(Cl)cc1. The molecular weight excluding hydrogens is 432 g/mol. The van der Waals surface area contributed by atoms with Crippen molar-refractivity contribution in [2.45, 2.75) is 6.92 Å². The van der Waals surface area contributed by atoms with Gasteiger partial charge in [0.15, 0.2) is 18.1 Å². The molecule has 0 aromatic heterocycles. The standard InChI is InChI=1S/C24H21ClN2O5/c1-16-4-3-5-20(12-16)31-15-23(28)27-26-14-17-6-11-21(22(13-17)30-2)32-24(29)18-7-9-19(25)10-8-18/h3-14H,15H2,1-2H3,(H,27,28). The van der Waals surface area contributed by atoms with Gasteiger partial charge in [-0.2, -0.15) is 5.10 Å². The highest BCUT2D eigenvalue weighted by Crippen LogP contribution is 2.28. The van der Waals surface area contributed by atoms with Crippen LogP contribution in [0.5, 0.6) is 17.2 Å². The number of methoxy groups -OCH3 is 1. The lowest BCUT2D eigenvalue weighted by Gasteiger charge is -2.10. The molecular formula is C24H21ClN2O5. The Labute approximate surface area is 190 Å². The van der Waals surface area contributed by atoms with Crippen LogP contribution in [0.1, 0.15) is 21.5 Å². The topological polar surface area (TPSA) is 86.2 Å². The minimum absolute atomic E-state index is 0.163. The van der Waals surface area contributed by atoms with Crippen molar-refractivity contribution in [1.29, 1.82) is 0 Å². The minimum atomic E-state index is -0.540. The maximum atomic E-state index is 12.3. The predicted octanol–water partition coefficient (Wildman–Crippen LogP) is 4.41. The van der Waals surface area contributed by atoms with Gasteiger partial charge in [-0.05, 0) is 72.6 Å². The van der Waals surface area contributed by atoms with E-state index >= 15 is 0 Å². The quantitative estimate of drug-likeness (QED) is 0.237. The van der Waals surface area contributed by atoms with Crippen LogP contribution in [0.3, 0.4) is 0 Å². The van der Waals surface area contributed by atoms with Gasteiger partial charge >= 0.3 is 5.97 Å². The first-order chi connectivity index (χ1) is 15.4. The summed E-state index contributed by atoms with van der Waals surface area (Å²) in [6.07, 6.45) is 1.44. The van der Waals surface area contributed by atoms with Crippen LogP contribution >= 0.6 is 11.6 Å². The number of esters is 1. The fourth-order valence-electron chi connectivity index (χ4n) is 2.66. The van der Waals surface area contributed by atoms with Crippen molar-refractivity contribution in [1.82, 2.24) is 5.43 Å². The van der Waals surface area contributed by atoms with Crippen LogP contribution in [0.4, 0.5) is 0 Å². The molecule has 0 saturated heterocycles. The molecule has 1 amide bonds. The largest absolute Gasteiger partial charge is 0.493 e. The van der Waals surface area contributed by atoms with Crippen molar-refractivity contribution in [3.63, 3.8) is 0 Å². The van der Waals surface area contributed by atoms with Gasteiger partial charge in [0.05, 0.1) is 18.9 Å². The second-order valence-corrected chi connectivity index (χ2v) is 7.14. The van der Waals surface area contributed by atoms with E-state index in [1.165, 1.54) is 13.3 Å². The average Bonchev–Trinajstić information content (AvgIpc) is 2.79. The highest BCUT2D eigenvalue weighted by atomic mass is 35.5.